The van der Waals surface area contributed by atoms with Crippen LogP contribution >= 0.6 is 0 Å². The number of hydrogen-bond acceptors (Lipinski definition) is 3. The molecule has 1 N–H and O–H groups in total. The van der Waals surface area contributed by atoms with Crippen LogP contribution in [-0.4, -0.2) is 49.8 Å². The Morgan fingerprint density at radius 3 is 2.70 bits per heavy atom. The lowest BCUT2D eigenvalue weighted by atomic mass is 9.64. The normalized spacial score (nSPS) is 33.6. The van der Waals surface area contributed by atoms with E-state index in [9.17, 15) is 0 Å². The van der Waals surface area contributed by atoms with E-state index in [0.29, 0.717) is 11.5 Å². The molecule has 0 aromatic carbocycles. The first-order valence-electron chi connectivity index (χ1n) is 8.51. The van der Waals surface area contributed by atoms with Crippen molar-refractivity contribution in [3.63, 3.8) is 0 Å². The van der Waals surface area contributed by atoms with Crippen molar-refractivity contribution in [2.24, 2.45) is 17.3 Å². The lowest BCUT2D eigenvalue weighted by molar-refractivity contribution is -0.146. The van der Waals surface area contributed by atoms with Gasteiger partial charge in [0.1, 0.15) is 0 Å². The molecule has 0 spiro atoms. The fraction of sp³-hybridized carbons (Fsp3) is 1.00. The SMILES string of the molecule is CCOC1CC(N2CCC(CNCC(C)C)C2)C1(C)C. The van der Waals surface area contributed by atoms with E-state index in [1.54, 1.807) is 0 Å². The summed E-state index contributed by atoms with van der Waals surface area (Å²) in [7, 11) is 0. The molecule has 0 bridgehead atoms. The minimum Gasteiger partial charge on any atom is -0.378 e. The number of nitrogens with zero attached hydrogens (tertiary/aromatic N) is 1. The summed E-state index contributed by atoms with van der Waals surface area (Å²) in [4.78, 5) is 2.72. The van der Waals surface area contributed by atoms with E-state index < -0.39 is 0 Å². The van der Waals surface area contributed by atoms with Gasteiger partial charge >= 0.3 is 0 Å². The smallest absolute Gasteiger partial charge is 0.0655 e. The summed E-state index contributed by atoms with van der Waals surface area (Å²) in [5.74, 6) is 1.60. The molecule has 118 valence electrons. The molecule has 2 fully saturated rings. The van der Waals surface area contributed by atoms with Crippen molar-refractivity contribution < 1.29 is 4.74 Å². The third-order valence-corrected chi connectivity index (χ3v) is 5.24. The van der Waals surface area contributed by atoms with Gasteiger partial charge in [0, 0.05) is 24.6 Å². The van der Waals surface area contributed by atoms with E-state index in [2.05, 4.69) is 44.8 Å². The molecule has 3 heteroatoms. The van der Waals surface area contributed by atoms with Crippen LogP contribution in [0.15, 0.2) is 0 Å². The largest absolute Gasteiger partial charge is 0.378 e. The van der Waals surface area contributed by atoms with Crippen molar-refractivity contribution in [3.8, 4) is 0 Å². The van der Waals surface area contributed by atoms with Gasteiger partial charge in [-0.2, -0.15) is 0 Å². The van der Waals surface area contributed by atoms with Crippen molar-refractivity contribution in [2.75, 3.05) is 32.8 Å². The van der Waals surface area contributed by atoms with Crippen molar-refractivity contribution >= 4 is 0 Å². The van der Waals surface area contributed by atoms with E-state index >= 15 is 0 Å². The summed E-state index contributed by atoms with van der Waals surface area (Å²) >= 11 is 0. The van der Waals surface area contributed by atoms with Gasteiger partial charge in [-0.25, -0.2) is 0 Å². The predicted octanol–water partition coefficient (Wildman–Crippen LogP) is 2.76. The van der Waals surface area contributed by atoms with E-state index in [1.165, 1.54) is 32.5 Å². The molecule has 1 saturated heterocycles. The van der Waals surface area contributed by atoms with E-state index in [0.717, 1.165) is 31.0 Å². The van der Waals surface area contributed by atoms with Crippen molar-refractivity contribution in [1.29, 1.82) is 0 Å². The Bertz CT molecular complexity index is 303. The molecule has 3 nitrogen and oxygen atoms in total. The lowest BCUT2D eigenvalue weighted by Crippen LogP contribution is -2.61. The van der Waals surface area contributed by atoms with Gasteiger partial charge in [0.25, 0.3) is 0 Å². The minimum absolute atomic E-state index is 0.330. The lowest BCUT2D eigenvalue weighted by Gasteiger charge is -2.55. The van der Waals surface area contributed by atoms with Crippen molar-refractivity contribution in [1.82, 2.24) is 10.2 Å². The van der Waals surface area contributed by atoms with Crippen LogP contribution in [0.5, 0.6) is 0 Å². The highest BCUT2D eigenvalue weighted by Gasteiger charge is 2.52. The molecule has 3 unspecified atom stereocenters. The van der Waals surface area contributed by atoms with Crippen LogP contribution in [0, 0.1) is 17.3 Å². The van der Waals surface area contributed by atoms with Crippen LogP contribution in [0.4, 0.5) is 0 Å². The number of hydrogen-bond donors (Lipinski definition) is 1. The molecule has 20 heavy (non-hydrogen) atoms. The van der Waals surface area contributed by atoms with Crippen LogP contribution < -0.4 is 5.32 Å². The first-order valence-corrected chi connectivity index (χ1v) is 8.51. The maximum atomic E-state index is 5.86. The molecular weight excluding hydrogens is 248 g/mol. The third-order valence-electron chi connectivity index (χ3n) is 5.24. The highest BCUT2D eigenvalue weighted by atomic mass is 16.5. The van der Waals surface area contributed by atoms with Gasteiger partial charge in [-0.15, -0.1) is 0 Å². The highest BCUT2D eigenvalue weighted by molar-refractivity contribution is 5.05. The maximum absolute atomic E-state index is 5.86. The molecule has 3 atom stereocenters. The number of nitrogens with one attached hydrogen (secondary N) is 1. The molecule has 2 aliphatic rings. The van der Waals surface area contributed by atoms with E-state index in [1.807, 2.05) is 0 Å². The summed E-state index contributed by atoms with van der Waals surface area (Å²) < 4.78 is 5.86. The Hall–Kier alpha value is -0.120. The molecule has 1 heterocycles. The van der Waals surface area contributed by atoms with Crippen molar-refractivity contribution in [3.05, 3.63) is 0 Å². The van der Waals surface area contributed by atoms with Crippen LogP contribution in [0.25, 0.3) is 0 Å². The summed E-state index contributed by atoms with van der Waals surface area (Å²) in [5, 5.41) is 3.62. The quantitative estimate of drug-likeness (QED) is 0.777. The fourth-order valence-corrected chi connectivity index (χ4v) is 3.86. The summed E-state index contributed by atoms with van der Waals surface area (Å²) in [5.41, 5.74) is 0.330. The number of rotatable bonds is 7. The predicted molar refractivity (Wildman–Crippen MR) is 85.0 cm³/mol. The minimum atomic E-state index is 0.330. The second kappa shape index (κ2) is 6.76. The zero-order chi connectivity index (χ0) is 14.8. The molecule has 0 aromatic heterocycles. The Balaban J connectivity index is 1.74. The van der Waals surface area contributed by atoms with Gasteiger partial charge in [-0.1, -0.05) is 27.7 Å². The molecule has 1 aliphatic carbocycles. The van der Waals surface area contributed by atoms with Crippen LogP contribution in [0.1, 0.15) is 47.5 Å². The first-order chi connectivity index (χ1) is 9.45. The monoisotopic (exact) mass is 282 g/mol. The Labute approximate surface area is 125 Å². The third kappa shape index (κ3) is 3.55. The molecular formula is C17H34N2O. The Morgan fingerprint density at radius 1 is 1.35 bits per heavy atom. The average Bonchev–Trinajstić information content (AvgIpc) is 2.81. The molecule has 2 rings (SSSR count). The van der Waals surface area contributed by atoms with Gasteiger partial charge in [0.15, 0.2) is 0 Å². The summed E-state index contributed by atoms with van der Waals surface area (Å²) in [6.45, 7) is 17.2. The van der Waals surface area contributed by atoms with Crippen LogP contribution in [-0.2, 0) is 4.74 Å². The average molecular weight is 282 g/mol. The number of ether oxygens (including phenoxy) is 1. The molecule has 0 aromatic rings. The highest BCUT2D eigenvalue weighted by Crippen LogP contribution is 2.47. The van der Waals surface area contributed by atoms with Gasteiger partial charge < -0.3 is 10.1 Å². The van der Waals surface area contributed by atoms with Gasteiger partial charge in [-0.05, 0) is 51.2 Å². The summed E-state index contributed by atoms with van der Waals surface area (Å²) in [6, 6.07) is 0.731. The first kappa shape index (κ1) is 16.3. The van der Waals surface area contributed by atoms with Gasteiger partial charge in [0.05, 0.1) is 6.10 Å². The molecule has 0 amide bonds. The molecule has 1 aliphatic heterocycles. The van der Waals surface area contributed by atoms with Crippen molar-refractivity contribution in [2.45, 2.75) is 59.6 Å². The second-order valence-corrected chi connectivity index (χ2v) is 7.72. The zero-order valence-electron chi connectivity index (χ0n) is 14.1. The Morgan fingerprint density at radius 2 is 2.10 bits per heavy atom. The molecule has 0 radical (unpaired) electrons. The van der Waals surface area contributed by atoms with Gasteiger partial charge in [0.2, 0.25) is 0 Å². The Kier molecular flexibility index (Phi) is 5.49. The van der Waals surface area contributed by atoms with Crippen LogP contribution in [0.3, 0.4) is 0 Å². The summed E-state index contributed by atoms with van der Waals surface area (Å²) in [6.07, 6.45) is 3.06. The maximum Gasteiger partial charge on any atom is 0.0655 e. The molecule has 1 saturated carbocycles. The number of likely N-dealkylation sites (tertiary alicyclic amines) is 1. The zero-order valence-corrected chi connectivity index (χ0v) is 14.1. The topological polar surface area (TPSA) is 24.5 Å². The fourth-order valence-electron chi connectivity index (χ4n) is 3.86. The van der Waals surface area contributed by atoms with Crippen LogP contribution in [0.2, 0.25) is 0 Å². The standard InChI is InChI=1S/C17H34N2O/c1-6-20-16-9-15(17(16,4)5)19-8-7-14(12-19)11-18-10-13(2)3/h13-16,18H,6-12H2,1-5H3. The van der Waals surface area contributed by atoms with E-state index in [-0.39, 0.29) is 0 Å². The van der Waals surface area contributed by atoms with Gasteiger partial charge in [-0.3, -0.25) is 4.90 Å². The van der Waals surface area contributed by atoms with E-state index in [4.69, 9.17) is 4.74 Å². The second-order valence-electron chi connectivity index (χ2n) is 7.72.